The lowest BCUT2D eigenvalue weighted by molar-refractivity contribution is 0.653. The average Bonchev–Trinajstić information content (AvgIpc) is 3.34. The highest BCUT2D eigenvalue weighted by Gasteiger charge is 2.21. The number of benzene rings is 1. The normalized spacial score (nSPS) is 13.5. The predicted molar refractivity (Wildman–Crippen MR) is 98.8 cm³/mol. The van der Waals surface area contributed by atoms with E-state index in [-0.39, 0.29) is 0 Å². The molecule has 0 bridgehead atoms. The fourth-order valence-corrected chi connectivity index (χ4v) is 3.87. The Hall–Kier alpha value is -2.60. The van der Waals surface area contributed by atoms with E-state index in [2.05, 4.69) is 40.6 Å². The first-order chi connectivity index (χ1) is 11.8. The Morgan fingerprint density at radius 3 is 2.71 bits per heavy atom. The summed E-state index contributed by atoms with van der Waals surface area (Å²) in [6.07, 6.45) is 4.66. The van der Waals surface area contributed by atoms with Crippen LogP contribution in [0.25, 0.3) is 21.8 Å². The molecule has 0 amide bonds. The van der Waals surface area contributed by atoms with Gasteiger partial charge in [-0.15, -0.1) is 11.3 Å². The van der Waals surface area contributed by atoms with E-state index >= 15 is 0 Å². The van der Waals surface area contributed by atoms with Crippen LogP contribution in [0.4, 0.5) is 0 Å². The van der Waals surface area contributed by atoms with Crippen molar-refractivity contribution in [3.63, 3.8) is 0 Å². The molecule has 0 radical (unpaired) electrons. The molecule has 5 nitrogen and oxygen atoms in total. The van der Waals surface area contributed by atoms with Gasteiger partial charge >= 0.3 is 0 Å². The third-order valence-corrected chi connectivity index (χ3v) is 5.12. The highest BCUT2D eigenvalue weighted by Crippen LogP contribution is 2.36. The van der Waals surface area contributed by atoms with Gasteiger partial charge < -0.3 is 0 Å². The van der Waals surface area contributed by atoms with Gasteiger partial charge in [-0.1, -0.05) is 30.3 Å². The molecule has 0 unspecified atom stereocenters. The summed E-state index contributed by atoms with van der Waals surface area (Å²) >= 11 is 1.67. The molecule has 0 aliphatic carbocycles. The summed E-state index contributed by atoms with van der Waals surface area (Å²) in [5.41, 5.74) is 5.15. The highest BCUT2D eigenvalue weighted by atomic mass is 32.1. The molecule has 3 heterocycles. The van der Waals surface area contributed by atoms with Crippen LogP contribution in [-0.2, 0) is 6.54 Å². The van der Waals surface area contributed by atoms with Gasteiger partial charge in [-0.05, 0) is 13.8 Å². The van der Waals surface area contributed by atoms with Crippen LogP contribution < -0.4 is 0 Å². The summed E-state index contributed by atoms with van der Waals surface area (Å²) in [4.78, 5) is 6.03. The zero-order valence-electron chi connectivity index (χ0n) is 13.6. The number of aromatic nitrogens is 3. The predicted octanol–water partition coefficient (Wildman–Crippen LogP) is 4.18. The van der Waals surface area contributed by atoms with E-state index in [0.717, 1.165) is 51.1 Å². The van der Waals surface area contributed by atoms with Gasteiger partial charge in [0, 0.05) is 30.9 Å². The minimum atomic E-state index is 0.759. The molecule has 0 saturated carbocycles. The standard InChI is InChI=1S/C18H17N5S/c1-3-23-11-14(12(2)22-23)18-20-16(13-7-5-4-6-8-13)17(24-18)15-9-10-19-21-15/h4-8,10-11H,3,9H2,1-2H3. The molecule has 0 saturated heterocycles. The minimum Gasteiger partial charge on any atom is -0.272 e. The van der Waals surface area contributed by atoms with Crippen molar-refractivity contribution in [1.29, 1.82) is 0 Å². The molecular weight excluding hydrogens is 318 g/mol. The van der Waals surface area contributed by atoms with E-state index in [1.54, 1.807) is 11.3 Å². The molecule has 6 heteroatoms. The minimum absolute atomic E-state index is 0.759. The maximum absolute atomic E-state index is 4.93. The molecule has 0 spiro atoms. The maximum atomic E-state index is 4.93. The van der Waals surface area contributed by atoms with Gasteiger partial charge in [0.2, 0.25) is 0 Å². The van der Waals surface area contributed by atoms with Crippen LogP contribution in [0.15, 0.2) is 46.7 Å². The first kappa shape index (κ1) is 15.0. The Kier molecular flexibility index (Phi) is 3.82. The molecule has 120 valence electrons. The van der Waals surface area contributed by atoms with Crippen LogP contribution in [-0.4, -0.2) is 26.7 Å². The van der Waals surface area contributed by atoms with Crippen LogP contribution >= 0.6 is 11.3 Å². The molecule has 0 atom stereocenters. The molecule has 1 aromatic carbocycles. The Morgan fingerprint density at radius 1 is 1.21 bits per heavy atom. The highest BCUT2D eigenvalue weighted by molar-refractivity contribution is 7.17. The third kappa shape index (κ3) is 2.59. The Labute approximate surface area is 144 Å². The maximum Gasteiger partial charge on any atom is 0.128 e. The second-order valence-electron chi connectivity index (χ2n) is 5.60. The van der Waals surface area contributed by atoms with Gasteiger partial charge in [0.1, 0.15) is 5.01 Å². The Morgan fingerprint density at radius 2 is 2.04 bits per heavy atom. The van der Waals surface area contributed by atoms with Crippen molar-refractivity contribution in [3.05, 3.63) is 47.1 Å². The van der Waals surface area contributed by atoms with Crippen LogP contribution in [0, 0.1) is 6.92 Å². The van der Waals surface area contributed by atoms with Crippen molar-refractivity contribution in [2.45, 2.75) is 26.8 Å². The van der Waals surface area contributed by atoms with Crippen molar-refractivity contribution in [2.75, 3.05) is 0 Å². The fraction of sp³-hybridized carbons (Fsp3) is 0.222. The van der Waals surface area contributed by atoms with Crippen molar-refractivity contribution in [1.82, 2.24) is 14.8 Å². The monoisotopic (exact) mass is 335 g/mol. The number of nitrogens with zero attached hydrogens (tertiary/aromatic N) is 5. The number of rotatable bonds is 4. The molecule has 24 heavy (non-hydrogen) atoms. The zero-order valence-corrected chi connectivity index (χ0v) is 14.4. The van der Waals surface area contributed by atoms with Crippen molar-refractivity contribution in [2.24, 2.45) is 10.2 Å². The SMILES string of the molecule is CCn1cc(-c2nc(-c3ccccc3)c(C3=NN=CC3)s2)c(C)n1. The molecule has 1 aliphatic rings. The Bertz CT molecular complexity index is 934. The lowest BCUT2D eigenvalue weighted by Crippen LogP contribution is -1.97. The number of hydrogen-bond donors (Lipinski definition) is 0. The van der Waals surface area contributed by atoms with Crippen LogP contribution in [0.5, 0.6) is 0 Å². The van der Waals surface area contributed by atoms with Gasteiger partial charge in [-0.2, -0.15) is 15.3 Å². The van der Waals surface area contributed by atoms with E-state index in [1.807, 2.05) is 36.0 Å². The van der Waals surface area contributed by atoms with Gasteiger partial charge in [-0.25, -0.2) is 4.98 Å². The lowest BCUT2D eigenvalue weighted by atomic mass is 10.1. The summed E-state index contributed by atoms with van der Waals surface area (Å²) in [5.74, 6) is 0. The summed E-state index contributed by atoms with van der Waals surface area (Å²) in [6.45, 7) is 4.97. The zero-order chi connectivity index (χ0) is 16.5. The van der Waals surface area contributed by atoms with E-state index < -0.39 is 0 Å². The van der Waals surface area contributed by atoms with E-state index in [9.17, 15) is 0 Å². The van der Waals surface area contributed by atoms with Crippen LogP contribution in [0.3, 0.4) is 0 Å². The Balaban J connectivity index is 1.86. The summed E-state index contributed by atoms with van der Waals surface area (Å²) in [7, 11) is 0. The molecule has 1 aliphatic heterocycles. The summed E-state index contributed by atoms with van der Waals surface area (Å²) in [5, 5.41) is 13.8. The molecular formula is C18H17N5S. The molecule has 0 fully saturated rings. The first-order valence-electron chi connectivity index (χ1n) is 7.95. The quantitative estimate of drug-likeness (QED) is 0.718. The van der Waals surface area contributed by atoms with E-state index in [4.69, 9.17) is 4.98 Å². The van der Waals surface area contributed by atoms with Gasteiger partial charge in [-0.3, -0.25) is 4.68 Å². The summed E-state index contributed by atoms with van der Waals surface area (Å²) < 4.78 is 1.95. The second-order valence-corrected chi connectivity index (χ2v) is 6.59. The van der Waals surface area contributed by atoms with Crippen molar-refractivity contribution in [3.8, 4) is 21.8 Å². The average molecular weight is 335 g/mol. The summed E-state index contributed by atoms with van der Waals surface area (Å²) in [6, 6.07) is 10.3. The first-order valence-corrected chi connectivity index (χ1v) is 8.77. The van der Waals surface area contributed by atoms with Crippen molar-refractivity contribution < 1.29 is 0 Å². The number of aryl methyl sites for hydroxylation is 2. The second kappa shape index (κ2) is 6.13. The third-order valence-electron chi connectivity index (χ3n) is 3.98. The van der Waals surface area contributed by atoms with E-state index in [0.29, 0.717) is 0 Å². The molecule has 0 N–H and O–H groups in total. The lowest BCUT2D eigenvalue weighted by Gasteiger charge is -2.00. The fourth-order valence-electron chi connectivity index (χ4n) is 2.73. The molecule has 2 aromatic heterocycles. The van der Waals surface area contributed by atoms with Crippen LogP contribution in [0.1, 0.15) is 23.9 Å². The number of hydrogen-bond acceptors (Lipinski definition) is 5. The largest absolute Gasteiger partial charge is 0.272 e. The smallest absolute Gasteiger partial charge is 0.128 e. The van der Waals surface area contributed by atoms with Crippen LogP contribution in [0.2, 0.25) is 0 Å². The van der Waals surface area contributed by atoms with Gasteiger partial charge in [0.05, 0.1) is 27.5 Å². The number of thiazole rings is 1. The molecule has 3 aromatic rings. The van der Waals surface area contributed by atoms with Gasteiger partial charge in [0.25, 0.3) is 0 Å². The van der Waals surface area contributed by atoms with Gasteiger partial charge in [0.15, 0.2) is 0 Å². The molecule has 4 rings (SSSR count). The van der Waals surface area contributed by atoms with Crippen molar-refractivity contribution >= 4 is 23.3 Å². The van der Waals surface area contributed by atoms with E-state index in [1.165, 1.54) is 0 Å². The topological polar surface area (TPSA) is 55.4 Å².